The molecule has 5 heteroatoms. The number of hydrogen-bond donors (Lipinski definition) is 2. The molecule has 0 aliphatic heterocycles. The number of hydrogen-bond acceptors (Lipinski definition) is 4. The van der Waals surface area contributed by atoms with Crippen molar-refractivity contribution in [1.29, 1.82) is 5.41 Å². The van der Waals surface area contributed by atoms with E-state index < -0.39 is 0 Å². The summed E-state index contributed by atoms with van der Waals surface area (Å²) in [4.78, 5) is 2.36. The normalized spacial score (nSPS) is 11.0. The summed E-state index contributed by atoms with van der Waals surface area (Å²) in [6.45, 7) is 6.30. The predicted octanol–water partition coefficient (Wildman–Crippen LogP) is 1.76. The smallest absolute Gasteiger partial charge is 0.122 e. The molecule has 0 atom stereocenters. The van der Waals surface area contributed by atoms with Gasteiger partial charge in [-0.3, -0.25) is 10.3 Å². The number of nitrogens with zero attached hydrogens (tertiary/aromatic N) is 1. The Kier molecular flexibility index (Phi) is 7.97. The molecule has 1 aromatic carbocycles. The second-order valence-corrected chi connectivity index (χ2v) is 5.17. The standard InChI is InChI=1S/C16H27N3O2/c1-13-11-14(16(17)18)5-6-15(13)12-19(8-10-21-3)7-4-9-20-2/h5-6,11H,4,7-10,12H2,1-3H3,(H3,17,18). The van der Waals surface area contributed by atoms with Crippen LogP contribution in [0.1, 0.15) is 23.1 Å². The maximum Gasteiger partial charge on any atom is 0.122 e. The van der Waals surface area contributed by atoms with E-state index in [4.69, 9.17) is 20.6 Å². The molecule has 0 bridgehead atoms. The number of nitrogen functional groups attached to an aromatic ring is 1. The number of rotatable bonds is 10. The van der Waals surface area contributed by atoms with E-state index in [9.17, 15) is 0 Å². The number of nitrogens with two attached hydrogens (primary N) is 1. The average molecular weight is 293 g/mol. The second kappa shape index (κ2) is 9.50. The number of aryl methyl sites for hydroxylation is 1. The summed E-state index contributed by atoms with van der Waals surface area (Å²) in [5.41, 5.74) is 8.72. The Morgan fingerprint density at radius 1 is 1.19 bits per heavy atom. The van der Waals surface area contributed by atoms with Gasteiger partial charge in [-0.15, -0.1) is 0 Å². The molecule has 0 spiro atoms. The molecule has 0 heterocycles. The first kappa shape index (κ1) is 17.6. The summed E-state index contributed by atoms with van der Waals surface area (Å²) in [5.74, 6) is 0.112. The second-order valence-electron chi connectivity index (χ2n) is 5.17. The fraction of sp³-hybridized carbons (Fsp3) is 0.562. The van der Waals surface area contributed by atoms with Crippen LogP contribution in [-0.4, -0.2) is 51.3 Å². The van der Waals surface area contributed by atoms with Crippen molar-refractivity contribution in [1.82, 2.24) is 4.90 Å². The Bertz CT molecular complexity index is 449. The lowest BCUT2D eigenvalue weighted by Crippen LogP contribution is -2.29. The third kappa shape index (κ3) is 6.25. The lowest BCUT2D eigenvalue weighted by Gasteiger charge is -2.23. The van der Waals surface area contributed by atoms with Gasteiger partial charge in [0.15, 0.2) is 0 Å². The van der Waals surface area contributed by atoms with Crippen LogP contribution in [0.25, 0.3) is 0 Å². The Balaban J connectivity index is 2.69. The quantitative estimate of drug-likeness (QED) is 0.392. The van der Waals surface area contributed by atoms with Gasteiger partial charge in [-0.2, -0.15) is 0 Å². The highest BCUT2D eigenvalue weighted by molar-refractivity contribution is 5.95. The Hall–Kier alpha value is -1.43. The van der Waals surface area contributed by atoms with Crippen LogP contribution in [0.5, 0.6) is 0 Å². The van der Waals surface area contributed by atoms with Gasteiger partial charge in [0.05, 0.1) is 6.61 Å². The molecule has 0 aliphatic rings. The lowest BCUT2D eigenvalue weighted by atomic mass is 10.0. The van der Waals surface area contributed by atoms with Gasteiger partial charge in [-0.1, -0.05) is 12.1 Å². The summed E-state index contributed by atoms with van der Waals surface area (Å²) >= 11 is 0. The molecule has 118 valence electrons. The minimum absolute atomic E-state index is 0.112. The van der Waals surface area contributed by atoms with Gasteiger partial charge in [0.25, 0.3) is 0 Å². The summed E-state index contributed by atoms with van der Waals surface area (Å²) in [6.07, 6.45) is 1.00. The summed E-state index contributed by atoms with van der Waals surface area (Å²) in [5, 5.41) is 7.48. The first-order valence-corrected chi connectivity index (χ1v) is 7.22. The summed E-state index contributed by atoms with van der Waals surface area (Å²) in [6, 6.07) is 5.94. The molecule has 0 saturated carbocycles. The van der Waals surface area contributed by atoms with E-state index in [1.54, 1.807) is 14.2 Å². The van der Waals surface area contributed by atoms with E-state index in [0.29, 0.717) is 0 Å². The zero-order chi connectivity index (χ0) is 15.7. The van der Waals surface area contributed by atoms with E-state index in [0.717, 1.165) is 50.4 Å². The van der Waals surface area contributed by atoms with Crippen LogP contribution in [0, 0.1) is 12.3 Å². The summed E-state index contributed by atoms with van der Waals surface area (Å²) < 4.78 is 10.3. The van der Waals surface area contributed by atoms with Gasteiger partial charge >= 0.3 is 0 Å². The molecular formula is C16H27N3O2. The highest BCUT2D eigenvalue weighted by Gasteiger charge is 2.09. The highest BCUT2D eigenvalue weighted by Crippen LogP contribution is 2.14. The minimum Gasteiger partial charge on any atom is -0.385 e. The first-order valence-electron chi connectivity index (χ1n) is 7.22. The molecule has 0 aromatic heterocycles. The number of ether oxygens (including phenoxy) is 2. The molecule has 1 rings (SSSR count). The molecule has 5 nitrogen and oxygen atoms in total. The monoisotopic (exact) mass is 293 g/mol. The van der Waals surface area contributed by atoms with Gasteiger partial charge < -0.3 is 15.2 Å². The van der Waals surface area contributed by atoms with Crippen LogP contribution in [0.3, 0.4) is 0 Å². The fourth-order valence-electron chi connectivity index (χ4n) is 2.20. The van der Waals surface area contributed by atoms with Crippen LogP contribution in [0.2, 0.25) is 0 Å². The number of benzene rings is 1. The first-order chi connectivity index (χ1) is 10.1. The number of amidine groups is 1. The summed E-state index contributed by atoms with van der Waals surface area (Å²) in [7, 11) is 3.45. The van der Waals surface area contributed by atoms with Crippen LogP contribution >= 0.6 is 0 Å². The molecule has 0 aliphatic carbocycles. The molecule has 0 saturated heterocycles. The lowest BCUT2D eigenvalue weighted by molar-refractivity contribution is 0.129. The molecule has 21 heavy (non-hydrogen) atoms. The highest BCUT2D eigenvalue weighted by atomic mass is 16.5. The van der Waals surface area contributed by atoms with Crippen molar-refractivity contribution in [3.05, 3.63) is 34.9 Å². The molecule has 0 fully saturated rings. The molecular weight excluding hydrogens is 266 g/mol. The van der Waals surface area contributed by atoms with E-state index in [1.165, 1.54) is 5.56 Å². The topological polar surface area (TPSA) is 71.6 Å². The Morgan fingerprint density at radius 2 is 1.90 bits per heavy atom. The van der Waals surface area contributed by atoms with Crippen LogP contribution in [0.4, 0.5) is 0 Å². The maximum absolute atomic E-state index is 7.48. The molecule has 0 unspecified atom stereocenters. The van der Waals surface area contributed by atoms with Crippen molar-refractivity contribution in [2.75, 3.05) is 40.5 Å². The number of nitrogens with one attached hydrogen (secondary N) is 1. The van der Waals surface area contributed by atoms with E-state index in [2.05, 4.69) is 17.9 Å². The van der Waals surface area contributed by atoms with Gasteiger partial charge in [-0.25, -0.2) is 0 Å². The van der Waals surface area contributed by atoms with E-state index >= 15 is 0 Å². The molecule has 0 radical (unpaired) electrons. The largest absolute Gasteiger partial charge is 0.385 e. The maximum atomic E-state index is 7.48. The van der Waals surface area contributed by atoms with Crippen LogP contribution < -0.4 is 5.73 Å². The molecule has 1 aromatic rings. The third-order valence-corrected chi connectivity index (χ3v) is 3.48. The Labute approximate surface area is 127 Å². The van der Waals surface area contributed by atoms with Crippen LogP contribution in [-0.2, 0) is 16.0 Å². The predicted molar refractivity (Wildman–Crippen MR) is 85.8 cm³/mol. The van der Waals surface area contributed by atoms with Crippen molar-refractivity contribution in [2.45, 2.75) is 19.9 Å². The molecule has 3 N–H and O–H groups in total. The zero-order valence-corrected chi connectivity index (χ0v) is 13.3. The van der Waals surface area contributed by atoms with Crippen molar-refractivity contribution in [3.63, 3.8) is 0 Å². The molecule has 0 amide bonds. The van der Waals surface area contributed by atoms with Gasteiger partial charge in [0.1, 0.15) is 5.84 Å². The van der Waals surface area contributed by atoms with Gasteiger partial charge in [0, 0.05) is 46.0 Å². The van der Waals surface area contributed by atoms with E-state index in [1.807, 2.05) is 12.1 Å². The number of methoxy groups -OCH3 is 2. The van der Waals surface area contributed by atoms with Crippen molar-refractivity contribution in [3.8, 4) is 0 Å². The fourth-order valence-corrected chi connectivity index (χ4v) is 2.20. The third-order valence-electron chi connectivity index (χ3n) is 3.48. The Morgan fingerprint density at radius 3 is 2.48 bits per heavy atom. The van der Waals surface area contributed by atoms with Crippen molar-refractivity contribution in [2.24, 2.45) is 5.73 Å². The van der Waals surface area contributed by atoms with Gasteiger partial charge in [-0.05, 0) is 30.5 Å². The van der Waals surface area contributed by atoms with Gasteiger partial charge in [0.2, 0.25) is 0 Å². The minimum atomic E-state index is 0.112. The SMILES string of the molecule is COCCCN(CCOC)Cc1ccc(C(=N)N)cc1C. The average Bonchev–Trinajstić information content (AvgIpc) is 2.46. The van der Waals surface area contributed by atoms with Crippen molar-refractivity contribution >= 4 is 5.84 Å². The van der Waals surface area contributed by atoms with Crippen molar-refractivity contribution < 1.29 is 9.47 Å². The van der Waals surface area contributed by atoms with Crippen LogP contribution in [0.15, 0.2) is 18.2 Å². The van der Waals surface area contributed by atoms with E-state index in [-0.39, 0.29) is 5.84 Å². The zero-order valence-electron chi connectivity index (χ0n) is 13.3.